The van der Waals surface area contributed by atoms with Crippen LogP contribution in [-0.4, -0.2) is 35.1 Å². The van der Waals surface area contributed by atoms with Crippen molar-refractivity contribution in [3.63, 3.8) is 0 Å². The molecule has 1 aliphatic rings. The summed E-state index contributed by atoms with van der Waals surface area (Å²) < 4.78 is 10.9. The number of hydrogen-bond donors (Lipinski definition) is 1. The van der Waals surface area contributed by atoms with Crippen LogP contribution >= 0.6 is 0 Å². The van der Waals surface area contributed by atoms with Crippen molar-refractivity contribution in [2.24, 2.45) is 0 Å². The molecule has 1 aromatic carbocycles. The summed E-state index contributed by atoms with van der Waals surface area (Å²) in [6.45, 7) is 1.54. The van der Waals surface area contributed by atoms with Crippen molar-refractivity contribution in [2.45, 2.75) is 31.1 Å². The van der Waals surface area contributed by atoms with E-state index in [1.165, 1.54) is 5.56 Å². The summed E-state index contributed by atoms with van der Waals surface area (Å²) in [6.07, 6.45) is 2.97. The normalized spacial score (nSPS) is 17.8. The average molecular weight is 288 g/mol. The Morgan fingerprint density at radius 3 is 2.62 bits per heavy atom. The number of aryl methyl sites for hydroxylation is 1. The summed E-state index contributed by atoms with van der Waals surface area (Å²) in [7, 11) is 0. The lowest BCUT2D eigenvalue weighted by Crippen LogP contribution is -2.36. The topological polar surface area (TPSA) is 68.4 Å². The van der Waals surface area contributed by atoms with E-state index >= 15 is 0 Å². The van der Waals surface area contributed by atoms with Gasteiger partial charge < -0.3 is 14.4 Å². The molecule has 0 aliphatic carbocycles. The van der Waals surface area contributed by atoms with Gasteiger partial charge in [-0.2, -0.15) is 4.98 Å². The van der Waals surface area contributed by atoms with Gasteiger partial charge in [0.25, 0.3) is 0 Å². The van der Waals surface area contributed by atoms with Crippen LogP contribution in [0.15, 0.2) is 34.9 Å². The Balaban J connectivity index is 1.94. The third kappa shape index (κ3) is 2.84. The molecule has 1 fully saturated rings. The summed E-state index contributed by atoms with van der Waals surface area (Å²) in [5, 5.41) is 13.1. The van der Waals surface area contributed by atoms with Crippen LogP contribution in [0.3, 0.4) is 0 Å². The van der Waals surface area contributed by atoms with E-state index in [1.807, 2.05) is 18.2 Å². The van der Waals surface area contributed by atoms with Crippen LogP contribution in [0.25, 0.3) is 0 Å². The number of nitrogens with zero attached hydrogens (tertiary/aromatic N) is 2. The Bertz CT molecular complexity index is 562. The van der Waals surface area contributed by atoms with Crippen molar-refractivity contribution in [1.29, 1.82) is 0 Å². The summed E-state index contributed by atoms with van der Waals surface area (Å²) >= 11 is 0. The number of benzene rings is 1. The van der Waals surface area contributed by atoms with Crippen LogP contribution in [-0.2, 0) is 16.6 Å². The van der Waals surface area contributed by atoms with Gasteiger partial charge in [0.15, 0.2) is 5.82 Å². The second-order valence-electron chi connectivity index (χ2n) is 5.40. The van der Waals surface area contributed by atoms with Crippen LogP contribution in [0.1, 0.15) is 36.5 Å². The Labute approximate surface area is 123 Å². The molecule has 0 unspecified atom stereocenters. The molecule has 3 rings (SSSR count). The summed E-state index contributed by atoms with van der Waals surface area (Å²) in [5.74, 6) is 1.34. The minimum absolute atomic E-state index is 0.134. The molecule has 5 heteroatoms. The molecule has 5 nitrogen and oxygen atoms in total. The maximum absolute atomic E-state index is 8.91. The molecular weight excluding hydrogens is 268 g/mol. The van der Waals surface area contributed by atoms with Crippen molar-refractivity contribution in [3.05, 3.63) is 47.6 Å². The monoisotopic (exact) mass is 288 g/mol. The Hall–Kier alpha value is -1.72. The first-order chi connectivity index (χ1) is 10.3. The van der Waals surface area contributed by atoms with E-state index in [-0.39, 0.29) is 12.0 Å². The molecule has 1 aliphatic heterocycles. The maximum atomic E-state index is 8.91. The van der Waals surface area contributed by atoms with Crippen molar-refractivity contribution in [1.82, 2.24) is 10.1 Å². The molecule has 0 bridgehead atoms. The molecule has 1 aromatic heterocycles. The van der Waals surface area contributed by atoms with Crippen molar-refractivity contribution >= 4 is 0 Å². The lowest BCUT2D eigenvalue weighted by molar-refractivity contribution is 0.0597. The number of aliphatic hydroxyl groups is 1. The van der Waals surface area contributed by atoms with E-state index in [0.717, 1.165) is 18.7 Å². The van der Waals surface area contributed by atoms with Gasteiger partial charge in [0.05, 0.1) is 5.41 Å². The fourth-order valence-corrected chi connectivity index (χ4v) is 2.90. The van der Waals surface area contributed by atoms with Gasteiger partial charge in [-0.05, 0) is 24.8 Å². The van der Waals surface area contributed by atoms with Gasteiger partial charge in [0, 0.05) is 26.2 Å². The van der Waals surface area contributed by atoms with E-state index in [9.17, 15) is 0 Å². The van der Waals surface area contributed by atoms with E-state index < -0.39 is 0 Å². The van der Waals surface area contributed by atoms with Crippen LogP contribution < -0.4 is 0 Å². The molecule has 2 aromatic rings. The fourth-order valence-electron chi connectivity index (χ4n) is 2.90. The van der Waals surface area contributed by atoms with Gasteiger partial charge in [-0.15, -0.1) is 0 Å². The molecular formula is C16H20N2O3. The largest absolute Gasteiger partial charge is 0.396 e. The Morgan fingerprint density at radius 1 is 1.14 bits per heavy atom. The Kier molecular flexibility index (Phi) is 4.31. The van der Waals surface area contributed by atoms with Crippen LogP contribution in [0.2, 0.25) is 0 Å². The minimum atomic E-state index is -0.222. The van der Waals surface area contributed by atoms with Gasteiger partial charge >= 0.3 is 0 Å². The third-order valence-corrected chi connectivity index (χ3v) is 4.12. The SMILES string of the molecule is OCCCc1nc(C2(c3ccccc3)CCOCC2)no1. The minimum Gasteiger partial charge on any atom is -0.396 e. The smallest absolute Gasteiger partial charge is 0.226 e. The van der Waals surface area contributed by atoms with Crippen molar-refractivity contribution in [3.8, 4) is 0 Å². The fraction of sp³-hybridized carbons (Fsp3) is 0.500. The highest BCUT2D eigenvalue weighted by Gasteiger charge is 2.40. The highest BCUT2D eigenvalue weighted by molar-refractivity contribution is 5.33. The van der Waals surface area contributed by atoms with Crippen molar-refractivity contribution < 1.29 is 14.4 Å². The van der Waals surface area contributed by atoms with Crippen LogP contribution in [0.5, 0.6) is 0 Å². The molecule has 0 radical (unpaired) electrons. The third-order valence-electron chi connectivity index (χ3n) is 4.12. The summed E-state index contributed by atoms with van der Waals surface area (Å²) in [5.41, 5.74) is 0.989. The highest BCUT2D eigenvalue weighted by Crippen LogP contribution is 2.39. The summed E-state index contributed by atoms with van der Waals surface area (Å²) in [6, 6.07) is 10.3. The second kappa shape index (κ2) is 6.37. The van der Waals surface area contributed by atoms with E-state index in [4.69, 9.17) is 14.4 Å². The van der Waals surface area contributed by atoms with Gasteiger partial charge in [-0.25, -0.2) is 0 Å². The first-order valence-corrected chi connectivity index (χ1v) is 7.42. The van der Waals surface area contributed by atoms with E-state index in [2.05, 4.69) is 22.3 Å². The second-order valence-corrected chi connectivity index (χ2v) is 5.40. The molecule has 112 valence electrons. The molecule has 1 saturated heterocycles. The van der Waals surface area contributed by atoms with E-state index in [1.54, 1.807) is 0 Å². The van der Waals surface area contributed by atoms with Gasteiger partial charge in [-0.3, -0.25) is 0 Å². The first kappa shape index (κ1) is 14.2. The van der Waals surface area contributed by atoms with Gasteiger partial charge in [-0.1, -0.05) is 35.5 Å². The zero-order chi connectivity index (χ0) is 14.5. The highest BCUT2D eigenvalue weighted by atomic mass is 16.5. The lowest BCUT2D eigenvalue weighted by atomic mass is 9.73. The Morgan fingerprint density at radius 2 is 1.90 bits per heavy atom. The van der Waals surface area contributed by atoms with Crippen LogP contribution in [0, 0.1) is 0 Å². The predicted molar refractivity (Wildman–Crippen MR) is 77.0 cm³/mol. The van der Waals surface area contributed by atoms with E-state index in [0.29, 0.717) is 31.9 Å². The zero-order valence-electron chi connectivity index (χ0n) is 12.0. The predicted octanol–water partition coefficient (Wildman–Crippen LogP) is 2.09. The first-order valence-electron chi connectivity index (χ1n) is 7.42. The average Bonchev–Trinajstić information content (AvgIpc) is 3.04. The zero-order valence-corrected chi connectivity index (χ0v) is 12.0. The maximum Gasteiger partial charge on any atom is 0.226 e. The molecule has 21 heavy (non-hydrogen) atoms. The van der Waals surface area contributed by atoms with Crippen molar-refractivity contribution in [2.75, 3.05) is 19.8 Å². The number of rotatable bonds is 5. The van der Waals surface area contributed by atoms with Crippen LogP contribution in [0.4, 0.5) is 0 Å². The number of ether oxygens (including phenoxy) is 1. The quantitative estimate of drug-likeness (QED) is 0.912. The number of aliphatic hydroxyl groups excluding tert-OH is 1. The molecule has 2 heterocycles. The van der Waals surface area contributed by atoms with Gasteiger partial charge in [0.2, 0.25) is 5.89 Å². The number of aromatic nitrogens is 2. The summed E-state index contributed by atoms with van der Waals surface area (Å²) in [4.78, 5) is 4.58. The standard InChI is InChI=1S/C16H20N2O3/c19-10-4-7-14-17-15(18-21-14)16(8-11-20-12-9-16)13-5-2-1-3-6-13/h1-3,5-6,19H,4,7-12H2. The molecule has 1 N–H and O–H groups in total. The van der Waals surface area contributed by atoms with Gasteiger partial charge in [0.1, 0.15) is 0 Å². The molecule has 0 spiro atoms. The molecule has 0 amide bonds. The molecule has 0 atom stereocenters. The molecule has 0 saturated carbocycles. The lowest BCUT2D eigenvalue weighted by Gasteiger charge is -2.34. The number of hydrogen-bond acceptors (Lipinski definition) is 5.